The van der Waals surface area contributed by atoms with Crippen LogP contribution in [0, 0.1) is 0 Å². The first-order valence-electron chi connectivity index (χ1n) is 5.38. The molecule has 0 atom stereocenters. The van der Waals surface area contributed by atoms with Gasteiger partial charge in [0.05, 0.1) is 0 Å². The summed E-state index contributed by atoms with van der Waals surface area (Å²) >= 11 is 11.8. The number of Topliss-reactive ketones (excluding diaryl/α,β-unsaturated/α-hetero) is 1. The minimum Gasteiger partial charge on any atom is -0.382 e. The van der Waals surface area contributed by atoms with Gasteiger partial charge in [-0.2, -0.15) is 0 Å². The van der Waals surface area contributed by atoms with E-state index in [2.05, 4.69) is 5.32 Å². The summed E-state index contributed by atoms with van der Waals surface area (Å²) in [7, 11) is 0. The standard InChI is InChI=1S/C12H13Cl2NO/c13-8-5-9(14)7-11(6-8)15-10-1-3-12(16)4-2-10/h5-7,10,15H,1-4H2. The predicted molar refractivity (Wildman–Crippen MR) is 67.3 cm³/mol. The van der Waals surface area contributed by atoms with Crippen molar-refractivity contribution in [3.63, 3.8) is 0 Å². The number of anilines is 1. The number of benzene rings is 1. The fourth-order valence-corrected chi connectivity index (χ4v) is 2.48. The molecule has 1 fully saturated rings. The Hall–Kier alpha value is -0.730. The van der Waals surface area contributed by atoms with Crippen LogP contribution in [0.1, 0.15) is 25.7 Å². The van der Waals surface area contributed by atoms with Gasteiger partial charge in [-0.25, -0.2) is 0 Å². The van der Waals surface area contributed by atoms with E-state index in [9.17, 15) is 4.79 Å². The maximum Gasteiger partial charge on any atom is 0.133 e. The van der Waals surface area contributed by atoms with Crippen LogP contribution in [0.5, 0.6) is 0 Å². The van der Waals surface area contributed by atoms with E-state index in [1.165, 1.54) is 0 Å². The van der Waals surface area contributed by atoms with Gasteiger partial charge >= 0.3 is 0 Å². The van der Waals surface area contributed by atoms with Gasteiger partial charge in [0.2, 0.25) is 0 Å². The van der Waals surface area contributed by atoms with Crippen LogP contribution in [-0.2, 0) is 4.79 Å². The van der Waals surface area contributed by atoms with Crippen LogP contribution in [0.15, 0.2) is 18.2 Å². The predicted octanol–water partition coefficient (Wildman–Crippen LogP) is 3.92. The highest BCUT2D eigenvalue weighted by Gasteiger charge is 2.18. The highest BCUT2D eigenvalue weighted by atomic mass is 35.5. The zero-order valence-electron chi connectivity index (χ0n) is 8.80. The number of hydrogen-bond donors (Lipinski definition) is 1. The van der Waals surface area contributed by atoms with Crippen molar-refractivity contribution in [3.8, 4) is 0 Å². The molecule has 0 spiro atoms. The second kappa shape index (κ2) is 5.07. The fraction of sp³-hybridized carbons (Fsp3) is 0.417. The molecular formula is C12H13Cl2NO. The number of hydrogen-bond acceptors (Lipinski definition) is 2. The maximum absolute atomic E-state index is 11.1. The Balaban J connectivity index is 2.00. The molecule has 1 aliphatic carbocycles. The Morgan fingerprint density at radius 3 is 2.19 bits per heavy atom. The lowest BCUT2D eigenvalue weighted by molar-refractivity contribution is -0.120. The van der Waals surface area contributed by atoms with E-state index in [1.54, 1.807) is 6.07 Å². The average Bonchev–Trinajstić information content (AvgIpc) is 2.20. The summed E-state index contributed by atoms with van der Waals surface area (Å²) in [6, 6.07) is 5.76. The molecule has 2 nitrogen and oxygen atoms in total. The lowest BCUT2D eigenvalue weighted by Gasteiger charge is -2.23. The Labute approximate surface area is 105 Å². The third-order valence-corrected chi connectivity index (χ3v) is 3.21. The third-order valence-electron chi connectivity index (χ3n) is 2.78. The molecule has 0 amide bonds. The zero-order chi connectivity index (χ0) is 11.5. The molecule has 1 N–H and O–H groups in total. The van der Waals surface area contributed by atoms with Gasteiger partial charge in [-0.1, -0.05) is 23.2 Å². The number of ketones is 1. The van der Waals surface area contributed by atoms with Crippen LogP contribution >= 0.6 is 23.2 Å². The smallest absolute Gasteiger partial charge is 0.133 e. The molecule has 0 bridgehead atoms. The second-order valence-corrected chi connectivity index (χ2v) is 4.99. The summed E-state index contributed by atoms with van der Waals surface area (Å²) < 4.78 is 0. The summed E-state index contributed by atoms with van der Waals surface area (Å²) in [5.74, 6) is 0.363. The summed E-state index contributed by atoms with van der Waals surface area (Å²) in [6.45, 7) is 0. The molecule has 1 aromatic rings. The molecule has 0 heterocycles. The van der Waals surface area contributed by atoms with Crippen molar-refractivity contribution in [1.29, 1.82) is 0 Å². The third kappa shape index (κ3) is 3.13. The number of carbonyl (C=O) groups excluding carboxylic acids is 1. The van der Waals surface area contributed by atoms with Crippen molar-refractivity contribution in [1.82, 2.24) is 0 Å². The van der Waals surface area contributed by atoms with Gasteiger partial charge in [0.1, 0.15) is 5.78 Å². The van der Waals surface area contributed by atoms with E-state index in [1.807, 2.05) is 12.1 Å². The molecule has 0 aromatic heterocycles. The fourth-order valence-electron chi connectivity index (χ4n) is 1.96. The van der Waals surface area contributed by atoms with Crippen molar-refractivity contribution in [2.24, 2.45) is 0 Å². The van der Waals surface area contributed by atoms with E-state index >= 15 is 0 Å². The molecule has 0 saturated heterocycles. The number of rotatable bonds is 2. The molecule has 0 unspecified atom stereocenters. The second-order valence-electron chi connectivity index (χ2n) is 4.12. The number of nitrogens with one attached hydrogen (secondary N) is 1. The molecule has 1 aliphatic rings. The Bertz CT molecular complexity index is 376. The topological polar surface area (TPSA) is 29.1 Å². The van der Waals surface area contributed by atoms with Crippen molar-refractivity contribution in [2.75, 3.05) is 5.32 Å². The lowest BCUT2D eigenvalue weighted by Crippen LogP contribution is -2.25. The van der Waals surface area contributed by atoms with E-state index in [0.717, 1.165) is 18.5 Å². The van der Waals surface area contributed by atoms with Gasteiger partial charge in [-0.3, -0.25) is 4.79 Å². The zero-order valence-corrected chi connectivity index (χ0v) is 10.3. The van der Waals surface area contributed by atoms with Crippen LogP contribution in [0.2, 0.25) is 10.0 Å². The first kappa shape index (κ1) is 11.7. The van der Waals surface area contributed by atoms with Gasteiger partial charge in [0, 0.05) is 34.6 Å². The quantitative estimate of drug-likeness (QED) is 0.871. The van der Waals surface area contributed by atoms with Crippen LogP contribution < -0.4 is 5.32 Å². The monoisotopic (exact) mass is 257 g/mol. The highest BCUT2D eigenvalue weighted by Crippen LogP contribution is 2.25. The van der Waals surface area contributed by atoms with Crippen LogP contribution in [0.3, 0.4) is 0 Å². The first-order valence-corrected chi connectivity index (χ1v) is 6.13. The van der Waals surface area contributed by atoms with Crippen molar-refractivity contribution in [3.05, 3.63) is 28.2 Å². The van der Waals surface area contributed by atoms with Gasteiger partial charge in [-0.15, -0.1) is 0 Å². The van der Waals surface area contributed by atoms with Crippen molar-refractivity contribution < 1.29 is 4.79 Å². The molecule has 1 saturated carbocycles. The van der Waals surface area contributed by atoms with Crippen LogP contribution in [0.25, 0.3) is 0 Å². The van der Waals surface area contributed by atoms with E-state index in [4.69, 9.17) is 23.2 Å². The van der Waals surface area contributed by atoms with Gasteiger partial charge < -0.3 is 5.32 Å². The SMILES string of the molecule is O=C1CCC(Nc2cc(Cl)cc(Cl)c2)CC1. The molecule has 0 aliphatic heterocycles. The Morgan fingerprint density at radius 2 is 1.62 bits per heavy atom. The van der Waals surface area contributed by atoms with Gasteiger partial charge in [0.15, 0.2) is 0 Å². The molecule has 86 valence electrons. The van der Waals surface area contributed by atoms with Crippen molar-refractivity contribution >= 4 is 34.7 Å². The number of halogens is 2. The minimum absolute atomic E-state index is 0.354. The largest absolute Gasteiger partial charge is 0.382 e. The summed E-state index contributed by atoms with van der Waals surface area (Å²) in [5.41, 5.74) is 0.928. The average molecular weight is 258 g/mol. The van der Waals surface area contributed by atoms with Crippen LogP contribution in [-0.4, -0.2) is 11.8 Å². The molecule has 4 heteroatoms. The van der Waals surface area contributed by atoms with E-state index < -0.39 is 0 Å². The summed E-state index contributed by atoms with van der Waals surface area (Å²) in [6.07, 6.45) is 3.13. The maximum atomic E-state index is 11.1. The first-order chi connectivity index (χ1) is 7.63. The molecule has 16 heavy (non-hydrogen) atoms. The summed E-state index contributed by atoms with van der Waals surface area (Å²) in [4.78, 5) is 11.1. The van der Waals surface area contributed by atoms with E-state index in [0.29, 0.717) is 34.7 Å². The minimum atomic E-state index is 0.354. The van der Waals surface area contributed by atoms with Gasteiger partial charge in [-0.05, 0) is 31.0 Å². The highest BCUT2D eigenvalue weighted by molar-refractivity contribution is 6.35. The molecule has 0 radical (unpaired) electrons. The van der Waals surface area contributed by atoms with Gasteiger partial charge in [0.25, 0.3) is 0 Å². The molecule has 1 aromatic carbocycles. The Kier molecular flexibility index (Phi) is 3.72. The van der Waals surface area contributed by atoms with Crippen molar-refractivity contribution in [2.45, 2.75) is 31.7 Å². The van der Waals surface area contributed by atoms with Crippen LogP contribution in [0.4, 0.5) is 5.69 Å². The normalized spacial score (nSPS) is 17.5. The van der Waals surface area contributed by atoms with E-state index in [-0.39, 0.29) is 0 Å². The Morgan fingerprint density at radius 1 is 1.06 bits per heavy atom. The lowest BCUT2D eigenvalue weighted by atomic mass is 9.94. The molecular weight excluding hydrogens is 245 g/mol. The summed E-state index contributed by atoms with van der Waals surface area (Å²) in [5, 5.41) is 4.62. The number of carbonyl (C=O) groups is 1. The molecule has 2 rings (SSSR count).